The smallest absolute Gasteiger partial charge is 0.331 e. The Balaban J connectivity index is 1.75. The Morgan fingerprint density at radius 1 is 1.28 bits per heavy atom. The van der Waals surface area contributed by atoms with E-state index in [1.54, 1.807) is 0 Å². The van der Waals surface area contributed by atoms with Gasteiger partial charge in [0.2, 0.25) is 5.91 Å². The Bertz CT molecular complexity index is 648. The minimum absolute atomic E-state index is 0.0877. The van der Waals surface area contributed by atoms with Crippen LogP contribution in [-0.2, 0) is 19.1 Å². The second-order valence-corrected chi connectivity index (χ2v) is 7.60. The van der Waals surface area contributed by atoms with E-state index in [0.29, 0.717) is 12.8 Å². The summed E-state index contributed by atoms with van der Waals surface area (Å²) in [5, 5.41) is 10.1. The molecule has 2 heterocycles. The summed E-state index contributed by atoms with van der Waals surface area (Å²) in [5.41, 5.74) is 1.74. The largest absolute Gasteiger partial charge is 0.467 e. The van der Waals surface area contributed by atoms with Crippen LogP contribution in [0.2, 0.25) is 0 Å². The number of aromatic nitrogens is 2. The molecule has 1 amide bonds. The van der Waals surface area contributed by atoms with E-state index in [0.717, 1.165) is 43.0 Å². The van der Waals surface area contributed by atoms with Crippen molar-refractivity contribution in [2.75, 3.05) is 20.3 Å². The fourth-order valence-corrected chi connectivity index (χ4v) is 4.54. The van der Waals surface area contributed by atoms with Crippen LogP contribution in [0, 0.1) is 19.3 Å². The zero-order valence-corrected chi connectivity index (χ0v) is 15.4. The standard InChI is InChI=1S/C18H27N3O4/c1-11(14-12(2)20-21-13(14)3)15(22)19-18(16(23)24-4)9-17(10-18)5-7-25-8-6-17/h11H,5-10H2,1-4H3,(H,19,22)(H,20,21). The predicted octanol–water partition coefficient (Wildman–Crippen LogP) is 1.75. The van der Waals surface area contributed by atoms with Crippen LogP contribution in [0.5, 0.6) is 0 Å². The average Bonchev–Trinajstić information content (AvgIpc) is 2.91. The van der Waals surface area contributed by atoms with Crippen LogP contribution in [0.15, 0.2) is 0 Å². The van der Waals surface area contributed by atoms with Gasteiger partial charge in [-0.1, -0.05) is 0 Å². The molecule has 1 aliphatic heterocycles. The fourth-order valence-electron chi connectivity index (χ4n) is 4.54. The SMILES string of the molecule is COC(=O)C1(NC(=O)C(C)c2c(C)n[nH]c2C)CC2(CCOCC2)C1. The molecule has 0 aromatic carbocycles. The summed E-state index contributed by atoms with van der Waals surface area (Å²) in [7, 11) is 1.37. The lowest BCUT2D eigenvalue weighted by Crippen LogP contribution is -2.68. The van der Waals surface area contributed by atoms with Gasteiger partial charge in [0.15, 0.2) is 0 Å². The van der Waals surface area contributed by atoms with Gasteiger partial charge < -0.3 is 14.8 Å². The molecule has 0 bridgehead atoms. The van der Waals surface area contributed by atoms with Crippen molar-refractivity contribution in [3.63, 3.8) is 0 Å². The van der Waals surface area contributed by atoms with Crippen molar-refractivity contribution in [2.45, 2.75) is 57.9 Å². The Kier molecular flexibility index (Phi) is 4.62. The molecule has 138 valence electrons. The number of hydrogen-bond acceptors (Lipinski definition) is 5. The molecular weight excluding hydrogens is 322 g/mol. The van der Waals surface area contributed by atoms with Gasteiger partial charge in [-0.25, -0.2) is 4.79 Å². The lowest BCUT2D eigenvalue weighted by atomic mass is 9.54. The zero-order chi connectivity index (χ0) is 18.2. The first-order valence-corrected chi connectivity index (χ1v) is 8.82. The molecule has 2 aliphatic rings. The van der Waals surface area contributed by atoms with Crippen LogP contribution in [0.4, 0.5) is 0 Å². The molecule has 3 rings (SSSR count). The number of aromatic amines is 1. The highest BCUT2D eigenvalue weighted by Crippen LogP contribution is 2.55. The van der Waals surface area contributed by atoms with Crippen LogP contribution in [-0.4, -0.2) is 47.9 Å². The highest BCUT2D eigenvalue weighted by atomic mass is 16.5. The third-order valence-electron chi connectivity index (χ3n) is 5.86. The number of hydrogen-bond donors (Lipinski definition) is 2. The second-order valence-electron chi connectivity index (χ2n) is 7.60. The van der Waals surface area contributed by atoms with Gasteiger partial charge in [-0.2, -0.15) is 5.10 Å². The molecule has 25 heavy (non-hydrogen) atoms. The van der Waals surface area contributed by atoms with E-state index in [1.165, 1.54) is 7.11 Å². The van der Waals surface area contributed by atoms with Crippen LogP contribution in [0.25, 0.3) is 0 Å². The summed E-state index contributed by atoms with van der Waals surface area (Å²) in [5.74, 6) is -0.905. The van der Waals surface area contributed by atoms with Crippen LogP contribution in [0.1, 0.15) is 55.5 Å². The van der Waals surface area contributed by atoms with E-state index < -0.39 is 5.54 Å². The first-order chi connectivity index (χ1) is 11.8. The summed E-state index contributed by atoms with van der Waals surface area (Å²) >= 11 is 0. The van der Waals surface area contributed by atoms with Crippen molar-refractivity contribution >= 4 is 11.9 Å². The molecule has 7 nitrogen and oxygen atoms in total. The number of esters is 1. The monoisotopic (exact) mass is 349 g/mol. The number of carbonyl (C=O) groups excluding carboxylic acids is 2. The minimum atomic E-state index is -0.914. The van der Waals surface area contributed by atoms with Crippen LogP contribution >= 0.6 is 0 Å². The van der Waals surface area contributed by atoms with Gasteiger partial charge in [0.05, 0.1) is 18.7 Å². The van der Waals surface area contributed by atoms with Gasteiger partial charge in [0.25, 0.3) is 0 Å². The summed E-state index contributed by atoms with van der Waals surface area (Å²) in [6.07, 6.45) is 3.10. The lowest BCUT2D eigenvalue weighted by Gasteiger charge is -2.56. The third kappa shape index (κ3) is 3.05. The Morgan fingerprint density at radius 3 is 2.44 bits per heavy atom. The maximum Gasteiger partial charge on any atom is 0.331 e. The second kappa shape index (κ2) is 6.44. The first-order valence-electron chi connectivity index (χ1n) is 8.82. The predicted molar refractivity (Wildman–Crippen MR) is 91.1 cm³/mol. The Labute approximate surface area is 147 Å². The summed E-state index contributed by atoms with van der Waals surface area (Å²) in [4.78, 5) is 25.3. The zero-order valence-electron chi connectivity index (χ0n) is 15.4. The van der Waals surface area contributed by atoms with Crippen molar-refractivity contribution in [1.29, 1.82) is 0 Å². The molecule has 2 N–H and O–H groups in total. The number of methoxy groups -OCH3 is 1. The number of ether oxygens (including phenoxy) is 2. The van der Waals surface area contributed by atoms with Crippen LogP contribution in [0.3, 0.4) is 0 Å². The number of carbonyl (C=O) groups is 2. The number of nitrogens with one attached hydrogen (secondary N) is 2. The molecule has 1 spiro atoms. The van der Waals surface area contributed by atoms with E-state index in [4.69, 9.17) is 9.47 Å². The molecule has 1 unspecified atom stereocenters. The quantitative estimate of drug-likeness (QED) is 0.808. The van der Waals surface area contributed by atoms with Gasteiger partial charge in [-0.3, -0.25) is 9.89 Å². The minimum Gasteiger partial charge on any atom is -0.467 e. The number of rotatable bonds is 4. The molecule has 2 fully saturated rings. The number of aryl methyl sites for hydroxylation is 2. The molecule has 1 saturated heterocycles. The van der Waals surface area contributed by atoms with Crippen molar-refractivity contribution in [3.8, 4) is 0 Å². The maximum absolute atomic E-state index is 12.9. The Morgan fingerprint density at radius 2 is 1.92 bits per heavy atom. The van der Waals surface area contributed by atoms with Gasteiger partial charge in [0.1, 0.15) is 5.54 Å². The highest BCUT2D eigenvalue weighted by molar-refractivity contribution is 5.92. The number of nitrogens with zero attached hydrogens (tertiary/aromatic N) is 1. The average molecular weight is 349 g/mol. The topological polar surface area (TPSA) is 93.3 Å². The molecule has 7 heteroatoms. The third-order valence-corrected chi connectivity index (χ3v) is 5.86. The van der Waals surface area contributed by atoms with Crippen molar-refractivity contribution in [2.24, 2.45) is 5.41 Å². The van der Waals surface area contributed by atoms with Gasteiger partial charge in [-0.15, -0.1) is 0 Å². The highest BCUT2D eigenvalue weighted by Gasteiger charge is 2.60. The Hall–Kier alpha value is -1.89. The molecule has 1 aliphatic carbocycles. The van der Waals surface area contributed by atoms with E-state index in [2.05, 4.69) is 15.5 Å². The van der Waals surface area contributed by atoms with Gasteiger partial charge in [-0.05, 0) is 51.9 Å². The molecule has 1 saturated carbocycles. The maximum atomic E-state index is 12.9. The lowest BCUT2D eigenvalue weighted by molar-refractivity contribution is -0.169. The van der Waals surface area contributed by atoms with Crippen molar-refractivity contribution in [3.05, 3.63) is 17.0 Å². The van der Waals surface area contributed by atoms with E-state index in [-0.39, 0.29) is 23.2 Å². The molecule has 1 aromatic heterocycles. The van der Waals surface area contributed by atoms with E-state index >= 15 is 0 Å². The van der Waals surface area contributed by atoms with E-state index in [1.807, 2.05) is 20.8 Å². The number of H-pyrrole nitrogens is 1. The molecule has 1 aromatic rings. The van der Waals surface area contributed by atoms with Gasteiger partial charge >= 0.3 is 5.97 Å². The van der Waals surface area contributed by atoms with Crippen molar-refractivity contribution < 1.29 is 19.1 Å². The van der Waals surface area contributed by atoms with Crippen LogP contribution < -0.4 is 5.32 Å². The molecule has 0 radical (unpaired) electrons. The molecule has 1 atom stereocenters. The van der Waals surface area contributed by atoms with Crippen molar-refractivity contribution in [1.82, 2.24) is 15.5 Å². The van der Waals surface area contributed by atoms with Gasteiger partial charge in [0, 0.05) is 24.5 Å². The fraction of sp³-hybridized carbons (Fsp3) is 0.722. The normalized spacial score (nSPS) is 22.1. The molecular formula is C18H27N3O4. The summed E-state index contributed by atoms with van der Waals surface area (Å²) < 4.78 is 10.4. The summed E-state index contributed by atoms with van der Waals surface area (Å²) in [6, 6.07) is 0. The summed E-state index contributed by atoms with van der Waals surface area (Å²) in [6.45, 7) is 7.05. The van der Waals surface area contributed by atoms with E-state index in [9.17, 15) is 9.59 Å². The number of amides is 1. The first kappa shape index (κ1) is 17.9.